The van der Waals surface area contributed by atoms with Gasteiger partial charge >= 0.3 is 6.03 Å². The van der Waals surface area contributed by atoms with E-state index in [9.17, 15) is 22.4 Å². The van der Waals surface area contributed by atoms with E-state index in [2.05, 4.69) is 16.0 Å². The molecule has 3 rings (SSSR count). The monoisotopic (exact) mass is 403 g/mol. The van der Waals surface area contributed by atoms with E-state index in [1.54, 1.807) is 0 Å². The minimum absolute atomic E-state index is 0.0510. The van der Waals surface area contributed by atoms with Gasteiger partial charge in [-0.15, -0.1) is 0 Å². The number of halogens is 2. The Balaban J connectivity index is 1.46. The van der Waals surface area contributed by atoms with Crippen molar-refractivity contribution < 1.29 is 22.4 Å². The second-order valence-corrected chi connectivity index (χ2v) is 9.21. The summed E-state index contributed by atoms with van der Waals surface area (Å²) in [7, 11) is -3.26. The Kier molecular flexibility index (Phi) is 5.38. The van der Waals surface area contributed by atoms with E-state index in [4.69, 9.17) is 11.6 Å². The number of nitrogens with one attached hydrogen (secondary N) is 3. The summed E-state index contributed by atoms with van der Waals surface area (Å²) in [6.45, 7) is 0. The van der Waals surface area contributed by atoms with Crippen molar-refractivity contribution in [3.8, 4) is 0 Å². The topological polar surface area (TPSA) is 104 Å². The Labute approximate surface area is 155 Å². The number of urea groups is 1. The first kappa shape index (κ1) is 18.9. The van der Waals surface area contributed by atoms with E-state index >= 15 is 0 Å². The smallest absolute Gasteiger partial charge is 0.315 e. The molecular formula is C16H19ClFN3O4S. The van der Waals surface area contributed by atoms with Crippen LogP contribution in [-0.2, 0) is 14.6 Å². The average molecular weight is 404 g/mol. The Bertz CT molecular complexity index is 833. The lowest BCUT2D eigenvalue weighted by atomic mass is 10.0. The van der Waals surface area contributed by atoms with E-state index in [1.165, 1.54) is 12.1 Å². The van der Waals surface area contributed by atoms with Crippen molar-refractivity contribution in [3.63, 3.8) is 0 Å². The lowest BCUT2D eigenvalue weighted by Crippen LogP contribution is -2.39. The standard InChI is InChI=1S/C16H19ClFN3O4S/c17-10-7-9(18)5-6-11(10)19-14(22)4-2-1-3-13-15-12(8-26(13,24)25)20-16(23)21-15/h5-7,12-13,15H,1-4,8H2,(H,19,22)(H2,20,21,23)/t12-,13+,15-/m0/s1. The van der Waals surface area contributed by atoms with E-state index < -0.39 is 26.9 Å². The number of carbonyl (C=O) groups is 2. The number of unbranched alkanes of at least 4 members (excludes halogenated alkanes) is 1. The van der Waals surface area contributed by atoms with Crippen LogP contribution in [0.1, 0.15) is 25.7 Å². The lowest BCUT2D eigenvalue weighted by Gasteiger charge is -2.16. The van der Waals surface area contributed by atoms with Gasteiger partial charge in [-0.05, 0) is 31.0 Å². The summed E-state index contributed by atoms with van der Waals surface area (Å²) in [6, 6.07) is 2.59. The number of carbonyl (C=O) groups excluding carboxylic acids is 2. The maximum Gasteiger partial charge on any atom is 0.315 e. The van der Waals surface area contributed by atoms with E-state index in [0.29, 0.717) is 24.9 Å². The van der Waals surface area contributed by atoms with Crippen LogP contribution in [0.5, 0.6) is 0 Å². The molecule has 0 bridgehead atoms. The maximum atomic E-state index is 13.0. The van der Waals surface area contributed by atoms with Gasteiger partial charge in [-0.25, -0.2) is 17.6 Å². The molecule has 1 aromatic rings. The predicted octanol–water partition coefficient (Wildman–Crippen LogP) is 1.82. The van der Waals surface area contributed by atoms with Crippen molar-refractivity contribution in [2.24, 2.45) is 0 Å². The first-order chi connectivity index (χ1) is 12.3. The van der Waals surface area contributed by atoms with Gasteiger partial charge in [0.15, 0.2) is 9.84 Å². The van der Waals surface area contributed by atoms with Crippen molar-refractivity contribution in [2.75, 3.05) is 11.1 Å². The minimum atomic E-state index is -3.26. The number of hydrogen-bond acceptors (Lipinski definition) is 4. The quantitative estimate of drug-likeness (QED) is 0.497. The number of amides is 3. The fourth-order valence-electron chi connectivity index (χ4n) is 3.44. The van der Waals surface area contributed by atoms with Gasteiger partial charge in [0.2, 0.25) is 5.91 Å². The zero-order chi connectivity index (χ0) is 18.9. The third-order valence-electron chi connectivity index (χ3n) is 4.67. The van der Waals surface area contributed by atoms with Crippen LogP contribution in [0.2, 0.25) is 5.02 Å². The Morgan fingerprint density at radius 3 is 2.81 bits per heavy atom. The minimum Gasteiger partial charge on any atom is -0.332 e. The highest BCUT2D eigenvalue weighted by Gasteiger charge is 2.51. The first-order valence-corrected chi connectivity index (χ1v) is 10.4. The normalized spacial score (nSPS) is 26.1. The first-order valence-electron chi connectivity index (χ1n) is 8.30. The Morgan fingerprint density at radius 2 is 2.08 bits per heavy atom. The van der Waals surface area contributed by atoms with Crippen molar-refractivity contribution in [1.29, 1.82) is 0 Å². The molecule has 0 saturated carbocycles. The molecular weight excluding hydrogens is 385 g/mol. The highest BCUT2D eigenvalue weighted by Crippen LogP contribution is 2.28. The molecule has 0 unspecified atom stereocenters. The third kappa shape index (κ3) is 4.09. The summed E-state index contributed by atoms with van der Waals surface area (Å²) >= 11 is 5.85. The summed E-state index contributed by atoms with van der Waals surface area (Å²) in [5.41, 5.74) is 0.332. The van der Waals surface area contributed by atoms with Gasteiger partial charge in [0.25, 0.3) is 0 Å². The van der Waals surface area contributed by atoms with Gasteiger partial charge in [-0.3, -0.25) is 4.79 Å². The molecule has 142 valence electrons. The van der Waals surface area contributed by atoms with Crippen LogP contribution >= 0.6 is 11.6 Å². The molecule has 10 heteroatoms. The van der Waals surface area contributed by atoms with E-state index in [-0.39, 0.29) is 35.2 Å². The number of rotatable bonds is 6. The Hall–Kier alpha value is -1.87. The van der Waals surface area contributed by atoms with Crippen molar-refractivity contribution >= 4 is 39.1 Å². The summed E-state index contributed by atoms with van der Waals surface area (Å²) in [5.74, 6) is -0.816. The molecule has 3 atom stereocenters. The van der Waals surface area contributed by atoms with Crippen LogP contribution in [0.3, 0.4) is 0 Å². The highest BCUT2D eigenvalue weighted by molar-refractivity contribution is 7.92. The average Bonchev–Trinajstić information content (AvgIpc) is 2.99. The maximum absolute atomic E-state index is 13.0. The molecule has 2 aliphatic heterocycles. The number of anilines is 1. The second-order valence-electron chi connectivity index (χ2n) is 6.54. The molecule has 2 heterocycles. The molecule has 2 fully saturated rings. The Morgan fingerprint density at radius 1 is 1.31 bits per heavy atom. The number of sulfone groups is 1. The molecule has 0 spiro atoms. The third-order valence-corrected chi connectivity index (χ3v) is 7.26. The molecule has 3 amide bonds. The van der Waals surface area contributed by atoms with E-state index in [0.717, 1.165) is 6.07 Å². The SMILES string of the molecule is O=C(CCCC[C@@H]1[C@H]2NC(=O)N[C@H]2CS1(=O)=O)Nc1ccc(F)cc1Cl. The summed E-state index contributed by atoms with van der Waals surface area (Å²) in [4.78, 5) is 23.3. The van der Waals surface area contributed by atoms with Crippen molar-refractivity contribution in [3.05, 3.63) is 29.0 Å². The number of fused-ring (bicyclic) bond motifs is 1. The van der Waals surface area contributed by atoms with Crippen LogP contribution in [0, 0.1) is 5.82 Å². The van der Waals surface area contributed by atoms with E-state index in [1.807, 2.05) is 0 Å². The van der Waals surface area contributed by atoms with Crippen LogP contribution in [-0.4, -0.2) is 43.4 Å². The lowest BCUT2D eigenvalue weighted by molar-refractivity contribution is -0.116. The molecule has 7 nitrogen and oxygen atoms in total. The summed E-state index contributed by atoms with van der Waals surface area (Å²) < 4.78 is 37.4. The molecule has 0 radical (unpaired) electrons. The second kappa shape index (κ2) is 7.40. The molecule has 1 aromatic carbocycles. The highest BCUT2D eigenvalue weighted by atomic mass is 35.5. The van der Waals surface area contributed by atoms with Gasteiger partial charge in [0.1, 0.15) is 5.82 Å². The van der Waals surface area contributed by atoms with Crippen molar-refractivity contribution in [2.45, 2.75) is 43.0 Å². The van der Waals surface area contributed by atoms with Crippen LogP contribution < -0.4 is 16.0 Å². The predicted molar refractivity (Wildman–Crippen MR) is 95.3 cm³/mol. The fourth-order valence-corrected chi connectivity index (χ4v) is 5.92. The molecule has 0 aromatic heterocycles. The van der Waals surface area contributed by atoms with Gasteiger partial charge in [-0.1, -0.05) is 18.0 Å². The van der Waals surface area contributed by atoms with Gasteiger partial charge < -0.3 is 16.0 Å². The zero-order valence-electron chi connectivity index (χ0n) is 13.8. The molecule has 2 saturated heterocycles. The molecule has 0 aliphatic carbocycles. The van der Waals surface area contributed by atoms with Gasteiger partial charge in [0.05, 0.1) is 33.8 Å². The number of benzene rings is 1. The van der Waals surface area contributed by atoms with Crippen LogP contribution in [0.25, 0.3) is 0 Å². The van der Waals surface area contributed by atoms with Crippen LogP contribution in [0.15, 0.2) is 18.2 Å². The van der Waals surface area contributed by atoms with Crippen molar-refractivity contribution in [1.82, 2.24) is 10.6 Å². The van der Waals surface area contributed by atoms with Gasteiger partial charge in [-0.2, -0.15) is 0 Å². The largest absolute Gasteiger partial charge is 0.332 e. The molecule has 2 aliphatic rings. The zero-order valence-corrected chi connectivity index (χ0v) is 15.4. The summed E-state index contributed by atoms with van der Waals surface area (Å²) in [5, 5.41) is 7.37. The van der Waals surface area contributed by atoms with Crippen LogP contribution in [0.4, 0.5) is 14.9 Å². The molecule has 3 N–H and O–H groups in total. The number of hydrogen-bond donors (Lipinski definition) is 3. The fraction of sp³-hybridized carbons (Fsp3) is 0.500. The summed E-state index contributed by atoms with van der Waals surface area (Å²) in [6.07, 6.45) is 1.61. The van der Waals surface area contributed by atoms with Gasteiger partial charge in [0, 0.05) is 6.42 Å². The molecule has 26 heavy (non-hydrogen) atoms.